The molecule has 1 aliphatic rings. The molecule has 0 unspecified atom stereocenters. The Bertz CT molecular complexity index is 1140. The van der Waals surface area contributed by atoms with Crippen molar-refractivity contribution in [3.05, 3.63) is 101 Å². The Labute approximate surface area is 184 Å². The normalized spacial score (nSPS) is 12.6. The van der Waals surface area contributed by atoms with Crippen LogP contribution < -0.4 is 10.6 Å². The smallest absolute Gasteiger partial charge is 0.261 e. The number of imide groups is 1. The van der Waals surface area contributed by atoms with E-state index in [9.17, 15) is 14.4 Å². The first-order valence-electron chi connectivity index (χ1n) is 9.64. The molecule has 0 saturated carbocycles. The van der Waals surface area contributed by atoms with Crippen LogP contribution in [0, 0.1) is 0 Å². The second-order valence-electron chi connectivity index (χ2n) is 7.13. The van der Waals surface area contributed by atoms with E-state index in [0.717, 1.165) is 16.0 Å². The molecule has 0 atom stereocenters. The molecule has 1 heterocycles. The van der Waals surface area contributed by atoms with Crippen LogP contribution in [0.4, 0.5) is 5.69 Å². The second-order valence-corrected chi connectivity index (χ2v) is 7.54. The van der Waals surface area contributed by atoms with Crippen LogP contribution in [0.5, 0.6) is 0 Å². The topological polar surface area (TPSA) is 78.5 Å². The fraction of sp³-hybridized carbons (Fsp3) is 0.0833. The molecule has 3 aromatic rings. The third kappa shape index (κ3) is 4.08. The van der Waals surface area contributed by atoms with Crippen molar-refractivity contribution in [2.45, 2.75) is 5.92 Å². The zero-order valence-corrected chi connectivity index (χ0v) is 17.5. The fourth-order valence-electron chi connectivity index (χ4n) is 3.57. The molecular formula is C24H19N3O3S. The molecule has 3 amide bonds. The summed E-state index contributed by atoms with van der Waals surface area (Å²) in [4.78, 5) is 38.4. The van der Waals surface area contributed by atoms with Crippen LogP contribution >= 0.6 is 12.2 Å². The number of nitrogens with zero attached hydrogens (tertiary/aromatic N) is 1. The summed E-state index contributed by atoms with van der Waals surface area (Å²) < 4.78 is 0. The van der Waals surface area contributed by atoms with Crippen molar-refractivity contribution in [1.29, 1.82) is 0 Å². The highest BCUT2D eigenvalue weighted by atomic mass is 32.1. The van der Waals surface area contributed by atoms with Crippen molar-refractivity contribution in [3.8, 4) is 0 Å². The molecule has 0 fully saturated rings. The van der Waals surface area contributed by atoms with E-state index in [1.807, 2.05) is 60.7 Å². The van der Waals surface area contributed by atoms with Crippen LogP contribution in [0.3, 0.4) is 0 Å². The van der Waals surface area contributed by atoms with Crippen LogP contribution in [0.25, 0.3) is 0 Å². The Morgan fingerprint density at radius 1 is 0.839 bits per heavy atom. The molecule has 2 N–H and O–H groups in total. The maximum absolute atomic E-state index is 13.1. The Morgan fingerprint density at radius 3 is 1.97 bits per heavy atom. The SMILES string of the molecule is CN1C(=O)c2ccc(NC(=S)NC(=O)C(c3ccccc3)c3ccccc3)cc2C1=O. The minimum Gasteiger partial charge on any atom is -0.332 e. The predicted octanol–water partition coefficient (Wildman–Crippen LogP) is 3.56. The molecule has 0 bridgehead atoms. The van der Waals surface area contributed by atoms with Gasteiger partial charge in [-0.2, -0.15) is 0 Å². The van der Waals surface area contributed by atoms with Gasteiger partial charge >= 0.3 is 0 Å². The van der Waals surface area contributed by atoms with E-state index in [2.05, 4.69) is 10.6 Å². The number of rotatable bonds is 4. The van der Waals surface area contributed by atoms with E-state index in [0.29, 0.717) is 16.8 Å². The molecule has 0 spiro atoms. The summed E-state index contributed by atoms with van der Waals surface area (Å²) in [6.45, 7) is 0. The number of fused-ring (bicyclic) bond motifs is 1. The summed E-state index contributed by atoms with van der Waals surface area (Å²) in [5.41, 5.74) is 2.85. The molecule has 0 radical (unpaired) electrons. The van der Waals surface area contributed by atoms with E-state index in [-0.39, 0.29) is 22.8 Å². The van der Waals surface area contributed by atoms with Gasteiger partial charge in [0.05, 0.1) is 17.0 Å². The predicted molar refractivity (Wildman–Crippen MR) is 122 cm³/mol. The van der Waals surface area contributed by atoms with Crippen LogP contribution in [0.2, 0.25) is 0 Å². The zero-order valence-electron chi connectivity index (χ0n) is 16.7. The molecule has 0 saturated heterocycles. The number of benzene rings is 3. The molecule has 6 nitrogen and oxygen atoms in total. The zero-order chi connectivity index (χ0) is 22.0. The van der Waals surface area contributed by atoms with Gasteiger partial charge < -0.3 is 10.6 Å². The Morgan fingerprint density at radius 2 is 1.39 bits per heavy atom. The Balaban J connectivity index is 1.52. The van der Waals surface area contributed by atoms with Crippen molar-refractivity contribution >= 4 is 40.7 Å². The molecule has 4 rings (SSSR count). The van der Waals surface area contributed by atoms with Crippen molar-refractivity contribution in [2.75, 3.05) is 12.4 Å². The summed E-state index contributed by atoms with van der Waals surface area (Å²) >= 11 is 5.33. The molecule has 7 heteroatoms. The maximum atomic E-state index is 13.1. The summed E-state index contributed by atoms with van der Waals surface area (Å²) in [7, 11) is 1.44. The maximum Gasteiger partial charge on any atom is 0.261 e. The van der Waals surface area contributed by atoms with Gasteiger partial charge in [0, 0.05) is 12.7 Å². The van der Waals surface area contributed by atoms with Crippen molar-refractivity contribution < 1.29 is 14.4 Å². The van der Waals surface area contributed by atoms with Crippen molar-refractivity contribution in [3.63, 3.8) is 0 Å². The minimum atomic E-state index is -0.532. The molecule has 0 aliphatic carbocycles. The highest BCUT2D eigenvalue weighted by Crippen LogP contribution is 2.26. The van der Waals surface area contributed by atoms with E-state index < -0.39 is 5.92 Å². The van der Waals surface area contributed by atoms with Gasteiger partial charge in [-0.25, -0.2) is 0 Å². The van der Waals surface area contributed by atoms with Gasteiger partial charge in [-0.05, 0) is 41.5 Å². The first-order chi connectivity index (χ1) is 15.0. The standard InChI is InChI=1S/C24H19N3O3S/c1-27-22(29)18-13-12-17(14-19(18)23(27)30)25-24(31)26-21(28)20(15-8-4-2-5-9-15)16-10-6-3-7-11-16/h2-14,20H,1H3,(H2,25,26,28,31). The van der Waals surface area contributed by atoms with E-state index in [1.54, 1.807) is 18.2 Å². The van der Waals surface area contributed by atoms with E-state index in [4.69, 9.17) is 12.2 Å². The highest BCUT2D eigenvalue weighted by molar-refractivity contribution is 7.80. The number of hydrogen-bond acceptors (Lipinski definition) is 4. The van der Waals surface area contributed by atoms with Crippen LogP contribution in [0.15, 0.2) is 78.9 Å². The average Bonchev–Trinajstić information content (AvgIpc) is 2.99. The third-order valence-corrected chi connectivity index (χ3v) is 5.32. The Hall–Kier alpha value is -3.84. The van der Waals surface area contributed by atoms with Crippen LogP contribution in [0.1, 0.15) is 37.8 Å². The van der Waals surface area contributed by atoms with Gasteiger partial charge in [-0.3, -0.25) is 19.3 Å². The molecule has 31 heavy (non-hydrogen) atoms. The number of carbonyl (C=O) groups is 3. The Kier molecular flexibility index (Phi) is 5.60. The number of hydrogen-bond donors (Lipinski definition) is 2. The number of amides is 3. The summed E-state index contributed by atoms with van der Waals surface area (Å²) in [6.07, 6.45) is 0. The fourth-order valence-corrected chi connectivity index (χ4v) is 3.79. The van der Waals surface area contributed by atoms with Gasteiger partial charge in [0.15, 0.2) is 5.11 Å². The first kappa shape index (κ1) is 20.4. The molecular weight excluding hydrogens is 410 g/mol. The number of nitrogens with one attached hydrogen (secondary N) is 2. The lowest BCUT2D eigenvalue weighted by molar-refractivity contribution is -0.120. The summed E-state index contributed by atoms with van der Waals surface area (Å²) in [6, 6.07) is 23.7. The minimum absolute atomic E-state index is 0.104. The lowest BCUT2D eigenvalue weighted by atomic mass is 9.90. The van der Waals surface area contributed by atoms with Gasteiger partial charge in [0.1, 0.15) is 0 Å². The van der Waals surface area contributed by atoms with Gasteiger partial charge in [0.2, 0.25) is 5.91 Å². The highest BCUT2D eigenvalue weighted by Gasteiger charge is 2.32. The van der Waals surface area contributed by atoms with Crippen LogP contribution in [-0.2, 0) is 4.79 Å². The molecule has 3 aromatic carbocycles. The molecule has 154 valence electrons. The first-order valence-corrected chi connectivity index (χ1v) is 10.0. The lowest BCUT2D eigenvalue weighted by Crippen LogP contribution is -2.37. The third-order valence-electron chi connectivity index (χ3n) is 5.11. The van der Waals surface area contributed by atoms with E-state index in [1.165, 1.54) is 7.05 Å². The summed E-state index contributed by atoms with van der Waals surface area (Å²) in [5, 5.41) is 5.77. The second kappa shape index (κ2) is 8.49. The number of carbonyl (C=O) groups excluding carboxylic acids is 3. The van der Waals surface area contributed by atoms with Crippen molar-refractivity contribution in [1.82, 2.24) is 10.2 Å². The quantitative estimate of drug-likeness (QED) is 0.490. The van der Waals surface area contributed by atoms with Gasteiger partial charge in [-0.15, -0.1) is 0 Å². The summed E-state index contributed by atoms with van der Waals surface area (Å²) in [5.74, 6) is -1.51. The van der Waals surface area contributed by atoms with Gasteiger partial charge in [0.25, 0.3) is 11.8 Å². The monoisotopic (exact) mass is 429 g/mol. The molecule has 0 aromatic heterocycles. The number of anilines is 1. The van der Waals surface area contributed by atoms with Crippen molar-refractivity contribution in [2.24, 2.45) is 0 Å². The lowest BCUT2D eigenvalue weighted by Gasteiger charge is -2.18. The average molecular weight is 430 g/mol. The number of thiocarbonyl (C=S) groups is 1. The van der Waals surface area contributed by atoms with Crippen LogP contribution in [-0.4, -0.2) is 34.8 Å². The van der Waals surface area contributed by atoms with Gasteiger partial charge in [-0.1, -0.05) is 60.7 Å². The van der Waals surface area contributed by atoms with E-state index >= 15 is 0 Å². The molecule has 1 aliphatic heterocycles. The largest absolute Gasteiger partial charge is 0.332 e.